The molecule has 1 N–H and O–H groups in total. The molecule has 0 saturated carbocycles. The first-order chi connectivity index (χ1) is 19.0. The molecule has 40 heavy (non-hydrogen) atoms. The molecule has 9 heteroatoms. The number of fused-ring (bicyclic) bond motifs is 3. The second-order valence-electron chi connectivity index (χ2n) is 10.7. The Morgan fingerprint density at radius 2 is 1.80 bits per heavy atom. The molecule has 4 aliphatic rings. The molecule has 1 aliphatic heterocycles. The molecule has 0 radical (unpaired) electrons. The molecule has 1 heterocycles. The maximum absolute atomic E-state index is 14.0. The molecule has 7 nitrogen and oxygen atoms in total. The van der Waals surface area contributed by atoms with Crippen LogP contribution in [0.15, 0.2) is 69.2 Å². The second-order valence-corrected chi connectivity index (χ2v) is 12.0. The van der Waals surface area contributed by atoms with Gasteiger partial charge < -0.3 is 9.84 Å². The topological polar surface area (TPSA) is 101 Å². The maximum atomic E-state index is 14.0. The standard InChI is InChI=1S/C31H25BrClNO6/c1-13-4-5-16(11-22(13)33)34-30(38)18-7-6-17-19(26(18)31(34)39)12-20-23(35)8-14(2)28(36)27(20)25(17)15-9-21(32)29(37)24(10-15)40-3/h4-6,8-11,18-19,25-26,37H,7,12H2,1-3H3. The third kappa shape index (κ3) is 3.84. The summed E-state index contributed by atoms with van der Waals surface area (Å²) in [6.45, 7) is 3.47. The number of anilines is 1. The summed E-state index contributed by atoms with van der Waals surface area (Å²) in [5.41, 5.74) is 3.80. The summed E-state index contributed by atoms with van der Waals surface area (Å²) < 4.78 is 5.76. The number of phenols is 1. The molecule has 6 rings (SSSR count). The lowest BCUT2D eigenvalue weighted by atomic mass is 9.59. The average Bonchev–Trinajstić information content (AvgIpc) is 3.19. The zero-order valence-corrected chi connectivity index (χ0v) is 24.3. The van der Waals surface area contributed by atoms with E-state index in [0.29, 0.717) is 43.9 Å². The van der Waals surface area contributed by atoms with Crippen molar-refractivity contribution in [2.75, 3.05) is 12.0 Å². The molecule has 2 aromatic rings. The number of imide groups is 1. The highest BCUT2D eigenvalue weighted by Gasteiger charge is 2.56. The Morgan fingerprint density at radius 3 is 2.50 bits per heavy atom. The van der Waals surface area contributed by atoms with Gasteiger partial charge in [-0.15, -0.1) is 0 Å². The van der Waals surface area contributed by atoms with E-state index in [1.807, 2.05) is 13.0 Å². The molecule has 0 aromatic heterocycles. The van der Waals surface area contributed by atoms with Gasteiger partial charge in [0.1, 0.15) is 0 Å². The molecule has 4 atom stereocenters. The number of ether oxygens (including phenoxy) is 1. The Morgan fingerprint density at radius 1 is 1.05 bits per heavy atom. The number of nitrogens with zero attached hydrogens (tertiary/aromatic N) is 1. The quantitative estimate of drug-likeness (QED) is 0.266. The van der Waals surface area contributed by atoms with Crippen LogP contribution in [0.1, 0.15) is 36.8 Å². The lowest BCUT2D eigenvalue weighted by molar-refractivity contribution is -0.123. The van der Waals surface area contributed by atoms with Crippen LogP contribution in [0.4, 0.5) is 5.69 Å². The number of amides is 2. The molecular weight excluding hydrogens is 598 g/mol. The van der Waals surface area contributed by atoms with Crippen LogP contribution in [0.25, 0.3) is 0 Å². The summed E-state index contributed by atoms with van der Waals surface area (Å²) in [5.74, 6) is -3.39. The minimum atomic E-state index is -0.693. The normalized spacial score (nSPS) is 25.9. The van der Waals surface area contributed by atoms with Crippen LogP contribution in [-0.2, 0) is 19.2 Å². The van der Waals surface area contributed by atoms with Crippen LogP contribution in [0.3, 0.4) is 0 Å². The first-order valence-corrected chi connectivity index (χ1v) is 14.1. The van der Waals surface area contributed by atoms with Crippen molar-refractivity contribution in [2.24, 2.45) is 17.8 Å². The van der Waals surface area contributed by atoms with Crippen molar-refractivity contribution >= 4 is 56.6 Å². The van der Waals surface area contributed by atoms with E-state index in [4.69, 9.17) is 16.3 Å². The largest absolute Gasteiger partial charge is 0.503 e. The Labute approximate surface area is 244 Å². The van der Waals surface area contributed by atoms with Gasteiger partial charge >= 0.3 is 0 Å². The molecule has 2 aromatic carbocycles. The zero-order valence-electron chi connectivity index (χ0n) is 22.0. The number of carbonyl (C=O) groups is 4. The highest BCUT2D eigenvalue weighted by molar-refractivity contribution is 9.10. The maximum Gasteiger partial charge on any atom is 0.238 e. The number of Topliss-reactive ketones (excluding diaryl/α,β-unsaturated/α-hetero) is 1. The predicted molar refractivity (Wildman–Crippen MR) is 152 cm³/mol. The SMILES string of the molecule is COc1cc(C2C3=CCC4C(=O)N(c5ccc(C)c(Cl)c5)C(=O)C4C3CC3=C2C(=O)C(C)=CC3=O)cc(Br)c1O. The van der Waals surface area contributed by atoms with Crippen LogP contribution >= 0.6 is 27.5 Å². The third-order valence-electron chi connectivity index (χ3n) is 8.58. The number of allylic oxidation sites excluding steroid dienone is 6. The van der Waals surface area contributed by atoms with Crippen molar-refractivity contribution in [3.63, 3.8) is 0 Å². The van der Waals surface area contributed by atoms with Crippen molar-refractivity contribution < 1.29 is 29.0 Å². The number of ketones is 2. The summed E-state index contributed by atoms with van der Waals surface area (Å²) in [4.78, 5) is 55.7. The minimum Gasteiger partial charge on any atom is -0.503 e. The summed E-state index contributed by atoms with van der Waals surface area (Å²) in [6, 6.07) is 8.47. The molecule has 0 bridgehead atoms. The van der Waals surface area contributed by atoms with Crippen molar-refractivity contribution in [1.29, 1.82) is 0 Å². The van der Waals surface area contributed by atoms with Crippen molar-refractivity contribution in [3.05, 3.63) is 85.4 Å². The van der Waals surface area contributed by atoms with E-state index in [2.05, 4.69) is 15.9 Å². The fraction of sp³-hybridized carbons (Fsp3) is 0.290. The lowest BCUT2D eigenvalue weighted by Gasteiger charge is -2.42. The number of phenolic OH excluding ortho intramolecular Hbond substituents is 1. The van der Waals surface area contributed by atoms with Gasteiger partial charge in [-0.25, -0.2) is 4.90 Å². The number of benzene rings is 2. The van der Waals surface area contributed by atoms with E-state index in [1.165, 1.54) is 18.1 Å². The van der Waals surface area contributed by atoms with Gasteiger partial charge in [-0.1, -0.05) is 29.3 Å². The fourth-order valence-electron chi connectivity index (χ4n) is 6.63. The molecule has 1 saturated heterocycles. The number of aryl methyl sites for hydroxylation is 1. The molecule has 2 amide bonds. The van der Waals surface area contributed by atoms with Crippen LogP contribution in [0.5, 0.6) is 11.5 Å². The lowest BCUT2D eigenvalue weighted by Crippen LogP contribution is -2.39. The fourth-order valence-corrected chi connectivity index (χ4v) is 7.27. The summed E-state index contributed by atoms with van der Waals surface area (Å²) in [6.07, 6.45) is 3.81. The Balaban J connectivity index is 1.50. The average molecular weight is 623 g/mol. The van der Waals surface area contributed by atoms with Gasteiger partial charge in [0, 0.05) is 27.7 Å². The van der Waals surface area contributed by atoms with E-state index in [9.17, 15) is 24.3 Å². The smallest absolute Gasteiger partial charge is 0.238 e. The number of carbonyl (C=O) groups excluding carboxylic acids is 4. The number of hydrogen-bond acceptors (Lipinski definition) is 6. The Kier molecular flexibility index (Phi) is 6.39. The predicted octanol–water partition coefficient (Wildman–Crippen LogP) is 5.76. The number of methoxy groups -OCH3 is 1. The molecule has 1 fully saturated rings. The van der Waals surface area contributed by atoms with Gasteiger partial charge in [0.2, 0.25) is 11.8 Å². The molecular formula is C31H25BrClNO6. The second kappa shape index (κ2) is 9.56. The van der Waals surface area contributed by atoms with Crippen LogP contribution in [0, 0.1) is 24.7 Å². The molecule has 204 valence electrons. The molecule has 4 unspecified atom stereocenters. The van der Waals surface area contributed by atoms with Gasteiger partial charge in [-0.3, -0.25) is 19.2 Å². The van der Waals surface area contributed by atoms with Crippen molar-refractivity contribution in [2.45, 2.75) is 32.6 Å². The minimum absolute atomic E-state index is 0.0865. The Hall–Kier alpha value is -3.49. The number of halogens is 2. The van der Waals surface area contributed by atoms with E-state index >= 15 is 0 Å². The van der Waals surface area contributed by atoms with Crippen LogP contribution in [-0.4, -0.2) is 35.6 Å². The first-order valence-electron chi connectivity index (χ1n) is 12.9. The summed E-state index contributed by atoms with van der Waals surface area (Å²) >= 11 is 9.71. The van der Waals surface area contributed by atoms with Crippen molar-refractivity contribution in [1.82, 2.24) is 0 Å². The first kappa shape index (κ1) is 26.7. The van der Waals surface area contributed by atoms with Crippen LogP contribution < -0.4 is 9.64 Å². The van der Waals surface area contributed by atoms with E-state index in [1.54, 1.807) is 37.3 Å². The van der Waals surface area contributed by atoms with E-state index in [-0.39, 0.29) is 41.3 Å². The highest BCUT2D eigenvalue weighted by atomic mass is 79.9. The monoisotopic (exact) mass is 621 g/mol. The summed E-state index contributed by atoms with van der Waals surface area (Å²) in [5, 5.41) is 10.9. The number of hydrogen-bond donors (Lipinski definition) is 1. The van der Waals surface area contributed by atoms with Gasteiger partial charge in [0.25, 0.3) is 0 Å². The van der Waals surface area contributed by atoms with E-state index < -0.39 is 23.7 Å². The molecule has 3 aliphatic carbocycles. The van der Waals surface area contributed by atoms with Crippen LogP contribution in [0.2, 0.25) is 5.02 Å². The number of aromatic hydroxyl groups is 1. The van der Waals surface area contributed by atoms with Gasteiger partial charge in [-0.05, 0) is 90.0 Å². The Bertz CT molecular complexity index is 1650. The number of rotatable bonds is 3. The van der Waals surface area contributed by atoms with Gasteiger partial charge in [-0.2, -0.15) is 0 Å². The van der Waals surface area contributed by atoms with Gasteiger partial charge in [0.15, 0.2) is 23.1 Å². The molecule has 0 spiro atoms. The highest BCUT2D eigenvalue weighted by Crippen LogP contribution is 2.56. The third-order valence-corrected chi connectivity index (χ3v) is 9.59. The van der Waals surface area contributed by atoms with E-state index in [0.717, 1.165) is 11.1 Å². The zero-order chi connectivity index (χ0) is 28.6. The van der Waals surface area contributed by atoms with Crippen molar-refractivity contribution in [3.8, 4) is 11.5 Å². The summed E-state index contributed by atoms with van der Waals surface area (Å²) in [7, 11) is 1.43. The van der Waals surface area contributed by atoms with Gasteiger partial charge in [0.05, 0.1) is 29.1 Å².